The van der Waals surface area contributed by atoms with Crippen LogP contribution in [0.25, 0.3) is 0 Å². The van der Waals surface area contributed by atoms with Crippen molar-refractivity contribution >= 4 is 21.6 Å². The highest BCUT2D eigenvalue weighted by Crippen LogP contribution is 2.14. The lowest BCUT2D eigenvalue weighted by atomic mass is 10.1. The van der Waals surface area contributed by atoms with Crippen LogP contribution in [0.2, 0.25) is 0 Å². The Morgan fingerprint density at radius 3 is 2.25 bits per heavy atom. The summed E-state index contributed by atoms with van der Waals surface area (Å²) in [6, 6.07) is 6.16. The molecule has 0 bridgehead atoms. The maximum atomic E-state index is 12.2. The zero-order chi connectivity index (χ0) is 15.3. The van der Waals surface area contributed by atoms with E-state index >= 15 is 0 Å². The maximum absolute atomic E-state index is 12.2. The van der Waals surface area contributed by atoms with E-state index in [1.807, 2.05) is 13.8 Å². The lowest BCUT2D eigenvalue weighted by molar-refractivity contribution is 0.0665. The van der Waals surface area contributed by atoms with Gasteiger partial charge in [0.1, 0.15) is 0 Å². The highest BCUT2D eigenvalue weighted by Gasteiger charge is 2.18. The van der Waals surface area contributed by atoms with Crippen LogP contribution in [0, 0.1) is 0 Å². The number of carbonyl (C=O) groups is 1. The van der Waals surface area contributed by atoms with Crippen LogP contribution in [0.1, 0.15) is 24.2 Å². The zero-order valence-corrected chi connectivity index (χ0v) is 12.6. The lowest BCUT2D eigenvalue weighted by Gasteiger charge is -2.26. The first-order valence-corrected chi connectivity index (χ1v) is 8.13. The molecular formula is C13H20N2O4S. The topological polar surface area (TPSA) is 86.7 Å². The van der Waals surface area contributed by atoms with Gasteiger partial charge in [0.15, 0.2) is 0 Å². The number of hydrogen-bond acceptors (Lipinski definition) is 4. The molecule has 0 saturated carbocycles. The number of carbonyl (C=O) groups excluding carboxylic acids is 1. The molecule has 7 heteroatoms. The molecule has 0 aromatic heterocycles. The van der Waals surface area contributed by atoms with E-state index in [4.69, 9.17) is 5.11 Å². The van der Waals surface area contributed by atoms with E-state index in [2.05, 4.69) is 4.72 Å². The molecule has 0 fully saturated rings. The Morgan fingerprint density at radius 1 is 1.30 bits per heavy atom. The largest absolute Gasteiger partial charge is 0.395 e. The molecule has 0 radical (unpaired) electrons. The van der Waals surface area contributed by atoms with Gasteiger partial charge in [0.05, 0.1) is 12.9 Å². The second kappa shape index (κ2) is 6.71. The average molecular weight is 300 g/mol. The molecule has 0 spiro atoms. The van der Waals surface area contributed by atoms with Gasteiger partial charge in [-0.2, -0.15) is 0 Å². The Hall–Kier alpha value is -1.60. The number of nitrogens with one attached hydrogen (secondary N) is 1. The molecule has 1 rings (SSSR count). The van der Waals surface area contributed by atoms with Gasteiger partial charge < -0.3 is 10.0 Å². The van der Waals surface area contributed by atoms with Crippen molar-refractivity contribution in [3.63, 3.8) is 0 Å². The normalized spacial score (nSPS) is 11.4. The lowest BCUT2D eigenvalue weighted by Crippen LogP contribution is -2.38. The van der Waals surface area contributed by atoms with Crippen LogP contribution >= 0.6 is 0 Å². The van der Waals surface area contributed by atoms with E-state index in [9.17, 15) is 13.2 Å². The number of amides is 1. The molecule has 0 atom stereocenters. The van der Waals surface area contributed by atoms with Crippen molar-refractivity contribution < 1.29 is 18.3 Å². The first kappa shape index (κ1) is 16.5. The smallest absolute Gasteiger partial charge is 0.254 e. The highest BCUT2D eigenvalue weighted by molar-refractivity contribution is 7.92. The summed E-state index contributed by atoms with van der Waals surface area (Å²) in [5.41, 5.74) is 0.855. The SMILES string of the molecule is CC(C)N(CCO)C(=O)c1ccc(NS(C)(=O)=O)cc1. The monoisotopic (exact) mass is 300 g/mol. The Labute approximate surface area is 119 Å². The Bertz CT molecular complexity index is 552. The standard InChI is InChI=1S/C13H20N2O4S/c1-10(2)15(8-9-16)13(17)11-4-6-12(7-5-11)14-20(3,18)19/h4-7,10,14,16H,8-9H2,1-3H3. The summed E-state index contributed by atoms with van der Waals surface area (Å²) in [6.07, 6.45) is 1.06. The Kier molecular flexibility index (Phi) is 5.52. The van der Waals surface area contributed by atoms with Crippen LogP contribution in [0.3, 0.4) is 0 Å². The van der Waals surface area contributed by atoms with Gasteiger partial charge >= 0.3 is 0 Å². The first-order chi connectivity index (χ1) is 9.24. The van der Waals surface area contributed by atoms with Gasteiger partial charge in [-0.1, -0.05) is 0 Å². The highest BCUT2D eigenvalue weighted by atomic mass is 32.2. The molecule has 1 aromatic rings. The van der Waals surface area contributed by atoms with E-state index < -0.39 is 10.0 Å². The van der Waals surface area contributed by atoms with Gasteiger partial charge in [-0.15, -0.1) is 0 Å². The number of rotatable bonds is 6. The number of hydrogen-bond donors (Lipinski definition) is 2. The number of nitrogens with zero attached hydrogens (tertiary/aromatic N) is 1. The van der Waals surface area contributed by atoms with Crippen LogP contribution in [0.4, 0.5) is 5.69 Å². The first-order valence-electron chi connectivity index (χ1n) is 6.24. The molecular weight excluding hydrogens is 280 g/mol. The van der Waals surface area contributed by atoms with E-state index in [1.54, 1.807) is 17.0 Å². The predicted molar refractivity (Wildman–Crippen MR) is 78.2 cm³/mol. The van der Waals surface area contributed by atoms with Crippen LogP contribution in [-0.2, 0) is 10.0 Å². The van der Waals surface area contributed by atoms with Crippen molar-refractivity contribution in [2.45, 2.75) is 19.9 Å². The molecule has 0 saturated heterocycles. The van der Waals surface area contributed by atoms with Crippen molar-refractivity contribution in [3.05, 3.63) is 29.8 Å². The van der Waals surface area contributed by atoms with Gasteiger partial charge in [0.2, 0.25) is 10.0 Å². The van der Waals surface area contributed by atoms with Crippen LogP contribution in [0.15, 0.2) is 24.3 Å². The van der Waals surface area contributed by atoms with Gasteiger partial charge in [0, 0.05) is 23.8 Å². The van der Waals surface area contributed by atoms with Crippen molar-refractivity contribution in [1.82, 2.24) is 4.90 Å². The molecule has 0 unspecified atom stereocenters. The van der Waals surface area contributed by atoms with E-state index in [0.717, 1.165) is 6.26 Å². The van der Waals surface area contributed by atoms with Crippen LogP contribution in [0.5, 0.6) is 0 Å². The third-order valence-corrected chi connectivity index (χ3v) is 3.27. The molecule has 20 heavy (non-hydrogen) atoms. The molecule has 0 aliphatic carbocycles. The number of anilines is 1. The van der Waals surface area contributed by atoms with E-state index in [1.165, 1.54) is 12.1 Å². The third-order valence-electron chi connectivity index (χ3n) is 2.66. The molecule has 6 nitrogen and oxygen atoms in total. The predicted octanol–water partition coefficient (Wildman–Crippen LogP) is 0.901. The second-order valence-electron chi connectivity index (χ2n) is 4.77. The van der Waals surface area contributed by atoms with Crippen molar-refractivity contribution in [3.8, 4) is 0 Å². The summed E-state index contributed by atoms with van der Waals surface area (Å²) >= 11 is 0. The number of aliphatic hydroxyl groups excluding tert-OH is 1. The summed E-state index contributed by atoms with van der Waals surface area (Å²) in [6.45, 7) is 3.90. The van der Waals surface area contributed by atoms with E-state index in [-0.39, 0.29) is 25.1 Å². The maximum Gasteiger partial charge on any atom is 0.254 e. The quantitative estimate of drug-likeness (QED) is 0.817. The summed E-state index contributed by atoms with van der Waals surface area (Å²) in [4.78, 5) is 13.8. The molecule has 0 aliphatic heterocycles. The third kappa shape index (κ3) is 4.82. The molecule has 0 aliphatic rings. The molecule has 0 heterocycles. The summed E-state index contributed by atoms with van der Waals surface area (Å²) in [7, 11) is -3.33. The Morgan fingerprint density at radius 2 is 1.85 bits per heavy atom. The minimum Gasteiger partial charge on any atom is -0.395 e. The fourth-order valence-corrected chi connectivity index (χ4v) is 2.33. The average Bonchev–Trinajstić information content (AvgIpc) is 2.33. The molecule has 1 aromatic carbocycles. The number of aliphatic hydroxyl groups is 1. The van der Waals surface area contributed by atoms with Crippen LogP contribution < -0.4 is 4.72 Å². The zero-order valence-electron chi connectivity index (χ0n) is 11.8. The van der Waals surface area contributed by atoms with Gasteiger partial charge in [0.25, 0.3) is 5.91 Å². The number of sulfonamides is 1. The van der Waals surface area contributed by atoms with Crippen molar-refractivity contribution in [2.75, 3.05) is 24.1 Å². The minimum absolute atomic E-state index is 0.0246. The fourth-order valence-electron chi connectivity index (χ4n) is 1.76. The molecule has 1 amide bonds. The van der Waals surface area contributed by atoms with Crippen molar-refractivity contribution in [1.29, 1.82) is 0 Å². The fraction of sp³-hybridized carbons (Fsp3) is 0.462. The van der Waals surface area contributed by atoms with Crippen molar-refractivity contribution in [2.24, 2.45) is 0 Å². The van der Waals surface area contributed by atoms with Gasteiger partial charge in [-0.05, 0) is 38.1 Å². The second-order valence-corrected chi connectivity index (χ2v) is 6.52. The van der Waals surface area contributed by atoms with Gasteiger partial charge in [-0.25, -0.2) is 8.42 Å². The van der Waals surface area contributed by atoms with E-state index in [0.29, 0.717) is 11.3 Å². The summed E-state index contributed by atoms with van der Waals surface area (Å²) in [5.74, 6) is -0.194. The Balaban J connectivity index is 2.89. The summed E-state index contributed by atoms with van der Waals surface area (Å²) < 4.78 is 24.5. The van der Waals surface area contributed by atoms with Crippen LogP contribution in [-0.4, -0.2) is 49.8 Å². The number of benzene rings is 1. The van der Waals surface area contributed by atoms with Gasteiger partial charge in [-0.3, -0.25) is 9.52 Å². The molecule has 2 N–H and O–H groups in total. The summed E-state index contributed by atoms with van der Waals surface area (Å²) in [5, 5.41) is 8.98. The molecule has 112 valence electrons. The minimum atomic E-state index is -3.33.